The van der Waals surface area contributed by atoms with E-state index < -0.39 is 0 Å². The topological polar surface area (TPSA) is 43.6 Å². The van der Waals surface area contributed by atoms with E-state index in [0.29, 0.717) is 10.7 Å². The zero-order chi connectivity index (χ0) is 17.2. The largest absolute Gasteiger partial charge is 0.265 e. The quantitative estimate of drug-likeness (QED) is 0.533. The van der Waals surface area contributed by atoms with Gasteiger partial charge in [0.1, 0.15) is 17.2 Å². The summed E-state index contributed by atoms with van der Waals surface area (Å²) in [5.74, 6) is -0.292. The van der Waals surface area contributed by atoms with E-state index >= 15 is 0 Å². The van der Waals surface area contributed by atoms with E-state index in [-0.39, 0.29) is 5.82 Å². The van der Waals surface area contributed by atoms with E-state index in [1.165, 1.54) is 12.1 Å². The summed E-state index contributed by atoms with van der Waals surface area (Å²) >= 11 is 5.98. The van der Waals surface area contributed by atoms with Gasteiger partial charge in [-0.15, -0.1) is 5.10 Å². The molecule has 0 unspecified atom stereocenters. The Bertz CT molecular complexity index is 933. The summed E-state index contributed by atoms with van der Waals surface area (Å²) in [7, 11) is 0. The van der Waals surface area contributed by atoms with Crippen LogP contribution in [0, 0.1) is 5.82 Å². The molecule has 6 heteroatoms. The van der Waals surface area contributed by atoms with E-state index in [4.69, 9.17) is 11.6 Å². The molecular formula is C19H12ClFN4. The molecule has 0 atom stereocenters. The molecule has 0 saturated heterocycles. The summed E-state index contributed by atoms with van der Waals surface area (Å²) in [5.41, 5.74) is 4.00. The van der Waals surface area contributed by atoms with Gasteiger partial charge in [0.25, 0.3) is 0 Å². The maximum absolute atomic E-state index is 13.3. The molecule has 0 saturated carbocycles. The lowest BCUT2D eigenvalue weighted by atomic mass is 10.1. The van der Waals surface area contributed by atoms with Gasteiger partial charge in [0.15, 0.2) is 0 Å². The molecule has 0 aliphatic rings. The zero-order valence-electron chi connectivity index (χ0n) is 13.0. The van der Waals surface area contributed by atoms with Crippen molar-refractivity contribution in [2.45, 2.75) is 0 Å². The molecule has 122 valence electrons. The van der Waals surface area contributed by atoms with Crippen molar-refractivity contribution in [2.75, 3.05) is 0 Å². The molecule has 4 aromatic rings. The van der Waals surface area contributed by atoms with E-state index in [1.807, 2.05) is 24.3 Å². The Labute approximate surface area is 148 Å². The van der Waals surface area contributed by atoms with E-state index in [1.54, 1.807) is 41.3 Å². The minimum atomic E-state index is -0.292. The van der Waals surface area contributed by atoms with Crippen molar-refractivity contribution in [1.82, 2.24) is 20.0 Å². The first-order chi connectivity index (χ1) is 12.2. The van der Waals surface area contributed by atoms with Gasteiger partial charge in [-0.3, -0.25) is 4.98 Å². The molecule has 0 radical (unpaired) electrons. The second-order valence-electron chi connectivity index (χ2n) is 5.42. The van der Waals surface area contributed by atoms with Gasteiger partial charge in [-0.25, -0.2) is 9.07 Å². The highest BCUT2D eigenvalue weighted by Gasteiger charge is 2.18. The minimum Gasteiger partial charge on any atom is -0.265 e. The van der Waals surface area contributed by atoms with Gasteiger partial charge >= 0.3 is 0 Å². The number of hydrogen-bond acceptors (Lipinski definition) is 3. The Morgan fingerprint density at radius 3 is 2.16 bits per heavy atom. The highest BCUT2D eigenvalue weighted by molar-refractivity contribution is 6.30. The van der Waals surface area contributed by atoms with Crippen molar-refractivity contribution in [3.8, 4) is 28.2 Å². The highest BCUT2D eigenvalue weighted by atomic mass is 35.5. The number of nitrogens with zero attached hydrogens (tertiary/aromatic N) is 4. The normalized spacial score (nSPS) is 10.8. The smallest absolute Gasteiger partial charge is 0.123 e. The van der Waals surface area contributed by atoms with Crippen LogP contribution in [0.5, 0.6) is 0 Å². The fraction of sp³-hybridized carbons (Fsp3) is 0. The Morgan fingerprint density at radius 2 is 1.48 bits per heavy atom. The number of pyridine rings is 1. The molecular weight excluding hydrogens is 339 g/mol. The Hall–Kier alpha value is -3.05. The fourth-order valence-electron chi connectivity index (χ4n) is 2.62. The third-order valence-electron chi connectivity index (χ3n) is 3.81. The van der Waals surface area contributed by atoms with Crippen LogP contribution >= 0.6 is 11.6 Å². The number of rotatable bonds is 3. The molecule has 0 aliphatic carbocycles. The van der Waals surface area contributed by atoms with Crippen molar-refractivity contribution < 1.29 is 4.39 Å². The maximum atomic E-state index is 13.3. The molecule has 4 rings (SSSR count). The third-order valence-corrected chi connectivity index (χ3v) is 4.06. The monoisotopic (exact) mass is 350 g/mol. The summed E-state index contributed by atoms with van der Waals surface area (Å²) in [6.07, 6.45) is 3.42. The number of aromatic nitrogens is 4. The molecule has 0 fully saturated rings. The van der Waals surface area contributed by atoms with Crippen molar-refractivity contribution in [2.24, 2.45) is 0 Å². The van der Waals surface area contributed by atoms with Gasteiger partial charge in [-0.05, 0) is 60.7 Å². The summed E-state index contributed by atoms with van der Waals surface area (Å²) in [5, 5.41) is 9.28. The van der Waals surface area contributed by atoms with Crippen LogP contribution in [0.15, 0.2) is 73.1 Å². The van der Waals surface area contributed by atoms with Gasteiger partial charge in [0.2, 0.25) is 0 Å². The second-order valence-corrected chi connectivity index (χ2v) is 5.85. The number of benzene rings is 2. The Balaban J connectivity index is 1.94. The van der Waals surface area contributed by atoms with Crippen LogP contribution in [-0.4, -0.2) is 20.0 Å². The van der Waals surface area contributed by atoms with Gasteiger partial charge < -0.3 is 0 Å². The molecule has 0 spiro atoms. The van der Waals surface area contributed by atoms with Gasteiger partial charge in [0.05, 0.1) is 5.69 Å². The fourth-order valence-corrected chi connectivity index (χ4v) is 2.74. The van der Waals surface area contributed by atoms with Gasteiger partial charge in [-0.2, -0.15) is 0 Å². The Morgan fingerprint density at radius 1 is 0.800 bits per heavy atom. The van der Waals surface area contributed by atoms with E-state index in [0.717, 1.165) is 22.5 Å². The lowest BCUT2D eigenvalue weighted by Gasteiger charge is -2.08. The van der Waals surface area contributed by atoms with Crippen molar-refractivity contribution in [3.63, 3.8) is 0 Å². The van der Waals surface area contributed by atoms with Crippen molar-refractivity contribution in [1.29, 1.82) is 0 Å². The van der Waals surface area contributed by atoms with Crippen LogP contribution in [0.1, 0.15) is 0 Å². The van der Waals surface area contributed by atoms with Crippen molar-refractivity contribution >= 4 is 11.6 Å². The molecule has 0 bridgehead atoms. The molecule has 0 N–H and O–H groups in total. The lowest BCUT2D eigenvalue weighted by Crippen LogP contribution is -1.99. The molecule has 25 heavy (non-hydrogen) atoms. The predicted molar refractivity (Wildman–Crippen MR) is 95.0 cm³/mol. The molecule has 0 aliphatic heterocycles. The van der Waals surface area contributed by atoms with Crippen molar-refractivity contribution in [3.05, 3.63) is 83.9 Å². The number of hydrogen-bond donors (Lipinski definition) is 0. The molecule has 2 heterocycles. The summed E-state index contributed by atoms with van der Waals surface area (Å²) in [6.45, 7) is 0. The van der Waals surface area contributed by atoms with Crippen LogP contribution in [0.4, 0.5) is 4.39 Å². The summed E-state index contributed by atoms with van der Waals surface area (Å²) in [4.78, 5) is 4.07. The SMILES string of the molecule is Fc1ccc(-c2nnn(-c3ccc(Cl)cc3)c2-c2ccncc2)cc1. The molecule has 4 nitrogen and oxygen atoms in total. The third kappa shape index (κ3) is 3.02. The van der Waals surface area contributed by atoms with E-state index in [9.17, 15) is 4.39 Å². The zero-order valence-corrected chi connectivity index (χ0v) is 13.7. The highest BCUT2D eigenvalue weighted by Crippen LogP contribution is 2.32. The predicted octanol–water partition coefficient (Wildman–Crippen LogP) is 4.79. The molecule has 2 aromatic carbocycles. The van der Waals surface area contributed by atoms with Crippen LogP contribution < -0.4 is 0 Å². The average Bonchev–Trinajstić information content (AvgIpc) is 3.09. The summed E-state index contributed by atoms with van der Waals surface area (Å²) < 4.78 is 15.0. The van der Waals surface area contributed by atoms with Gasteiger partial charge in [0, 0.05) is 28.5 Å². The minimum absolute atomic E-state index is 0.292. The van der Waals surface area contributed by atoms with Crippen LogP contribution in [0.2, 0.25) is 5.02 Å². The molecule has 2 aromatic heterocycles. The van der Waals surface area contributed by atoms with Gasteiger partial charge in [-0.1, -0.05) is 16.8 Å². The first-order valence-electron chi connectivity index (χ1n) is 7.60. The molecule has 0 amide bonds. The average molecular weight is 351 g/mol. The van der Waals surface area contributed by atoms with Crippen LogP contribution in [-0.2, 0) is 0 Å². The standard InChI is InChI=1S/C19H12ClFN4/c20-15-3-7-17(8-4-15)25-19(14-9-11-22-12-10-14)18(23-24-25)13-1-5-16(21)6-2-13/h1-12H. The Kier molecular flexibility index (Phi) is 3.99. The second kappa shape index (κ2) is 6.45. The van der Waals surface area contributed by atoms with Crippen LogP contribution in [0.25, 0.3) is 28.2 Å². The van der Waals surface area contributed by atoms with Crippen LogP contribution in [0.3, 0.4) is 0 Å². The first-order valence-corrected chi connectivity index (χ1v) is 7.98. The number of halogens is 2. The van der Waals surface area contributed by atoms with E-state index in [2.05, 4.69) is 15.3 Å². The summed E-state index contributed by atoms with van der Waals surface area (Å²) in [6, 6.07) is 17.3. The lowest BCUT2D eigenvalue weighted by molar-refractivity contribution is 0.628. The first kappa shape index (κ1) is 15.5. The maximum Gasteiger partial charge on any atom is 0.123 e.